The molecule has 2 rings (SSSR count). The number of nitrogens with zero attached hydrogens (tertiary/aromatic N) is 3. The molecule has 1 aromatic heterocycles. The van der Waals surface area contributed by atoms with E-state index in [1.807, 2.05) is 6.92 Å². The van der Waals surface area contributed by atoms with Crippen molar-refractivity contribution in [2.24, 2.45) is 0 Å². The van der Waals surface area contributed by atoms with E-state index < -0.39 is 4.92 Å². The third-order valence-electron chi connectivity index (χ3n) is 3.28. The van der Waals surface area contributed by atoms with Gasteiger partial charge in [0.25, 0.3) is 5.69 Å². The number of nitro groups is 1. The number of anilines is 1. The highest BCUT2D eigenvalue weighted by molar-refractivity contribution is 5.51. The monoisotopic (exact) mass is 250 g/mol. The molecule has 0 amide bonds. The summed E-state index contributed by atoms with van der Waals surface area (Å²) in [7, 11) is 0. The second-order valence-corrected chi connectivity index (χ2v) is 4.90. The Morgan fingerprint density at radius 1 is 1.56 bits per heavy atom. The van der Waals surface area contributed by atoms with Gasteiger partial charge in [0.05, 0.1) is 4.92 Å². The maximum Gasteiger partial charge on any atom is 0.287 e. The number of piperazine rings is 1. The number of rotatable bonds is 2. The van der Waals surface area contributed by atoms with Gasteiger partial charge in [0.15, 0.2) is 0 Å². The van der Waals surface area contributed by atoms with E-state index in [-0.39, 0.29) is 5.69 Å². The minimum atomic E-state index is -0.409. The minimum absolute atomic E-state index is 0.0482. The van der Waals surface area contributed by atoms with Crippen LogP contribution in [0.15, 0.2) is 12.3 Å². The molecule has 1 fully saturated rings. The molecule has 1 aliphatic rings. The molecule has 6 nitrogen and oxygen atoms in total. The van der Waals surface area contributed by atoms with Crippen molar-refractivity contribution < 1.29 is 4.92 Å². The lowest BCUT2D eigenvalue weighted by atomic mass is 10.1. The molecule has 0 saturated carbocycles. The summed E-state index contributed by atoms with van der Waals surface area (Å²) in [6.07, 6.45) is 1.34. The summed E-state index contributed by atoms with van der Waals surface area (Å²) in [5.74, 6) is 0.849. The van der Waals surface area contributed by atoms with Crippen molar-refractivity contribution in [2.75, 3.05) is 18.0 Å². The van der Waals surface area contributed by atoms with E-state index in [1.54, 1.807) is 6.07 Å². The summed E-state index contributed by atoms with van der Waals surface area (Å²) in [6.45, 7) is 7.89. The Hall–Kier alpha value is -1.69. The average molecular weight is 250 g/mol. The molecule has 0 spiro atoms. The summed E-state index contributed by atoms with van der Waals surface area (Å²) in [5, 5.41) is 14.1. The molecule has 0 aromatic carbocycles. The SMILES string of the molecule is Cc1cc([N+](=O)[O-])cnc1N1C[C@@H](C)NC[C@@H]1C. The first-order valence-corrected chi connectivity index (χ1v) is 6.10. The predicted octanol–water partition coefficient (Wildman–Crippen LogP) is 1.48. The summed E-state index contributed by atoms with van der Waals surface area (Å²) in [4.78, 5) is 16.8. The van der Waals surface area contributed by atoms with Crippen LogP contribution in [-0.2, 0) is 0 Å². The highest BCUT2D eigenvalue weighted by atomic mass is 16.6. The Balaban J connectivity index is 2.30. The van der Waals surface area contributed by atoms with Gasteiger partial charge in [-0.1, -0.05) is 0 Å². The van der Waals surface area contributed by atoms with Gasteiger partial charge in [0.2, 0.25) is 0 Å². The molecule has 18 heavy (non-hydrogen) atoms. The number of pyridine rings is 1. The van der Waals surface area contributed by atoms with Crippen LogP contribution in [0.2, 0.25) is 0 Å². The van der Waals surface area contributed by atoms with Gasteiger partial charge in [-0.15, -0.1) is 0 Å². The van der Waals surface area contributed by atoms with Crippen LogP contribution in [0.4, 0.5) is 11.5 Å². The normalized spacial score (nSPS) is 24.1. The fourth-order valence-corrected chi connectivity index (χ4v) is 2.27. The van der Waals surface area contributed by atoms with Gasteiger partial charge < -0.3 is 10.2 Å². The van der Waals surface area contributed by atoms with Crippen LogP contribution < -0.4 is 10.2 Å². The van der Waals surface area contributed by atoms with Gasteiger partial charge in [-0.3, -0.25) is 10.1 Å². The number of hydrogen-bond acceptors (Lipinski definition) is 5. The van der Waals surface area contributed by atoms with E-state index in [2.05, 4.69) is 29.0 Å². The van der Waals surface area contributed by atoms with Gasteiger partial charge in [0, 0.05) is 31.2 Å². The third kappa shape index (κ3) is 2.43. The lowest BCUT2D eigenvalue weighted by molar-refractivity contribution is -0.385. The standard InChI is InChI=1S/C12H18N4O2/c1-8-4-11(16(17)18)6-14-12(8)15-7-9(2)13-5-10(15)3/h4,6,9-10,13H,5,7H2,1-3H3/t9-,10+/m1/s1. The summed E-state index contributed by atoms with van der Waals surface area (Å²) >= 11 is 0. The van der Waals surface area contributed by atoms with Crippen LogP contribution in [0.5, 0.6) is 0 Å². The highest BCUT2D eigenvalue weighted by Gasteiger charge is 2.25. The Kier molecular flexibility index (Phi) is 3.47. The topological polar surface area (TPSA) is 71.3 Å². The van der Waals surface area contributed by atoms with Gasteiger partial charge in [-0.2, -0.15) is 0 Å². The molecule has 2 heterocycles. The molecule has 6 heteroatoms. The summed E-state index contributed by atoms with van der Waals surface area (Å²) in [5.41, 5.74) is 0.900. The lowest BCUT2D eigenvalue weighted by Gasteiger charge is -2.39. The minimum Gasteiger partial charge on any atom is -0.351 e. The largest absolute Gasteiger partial charge is 0.351 e. The first kappa shape index (κ1) is 12.8. The summed E-state index contributed by atoms with van der Waals surface area (Å²) in [6, 6.07) is 2.33. The van der Waals surface area contributed by atoms with Gasteiger partial charge in [0.1, 0.15) is 12.0 Å². The molecule has 1 aromatic rings. The number of aromatic nitrogens is 1. The van der Waals surface area contributed by atoms with Crippen LogP contribution in [-0.4, -0.2) is 35.1 Å². The van der Waals surface area contributed by atoms with E-state index in [4.69, 9.17) is 0 Å². The molecule has 0 radical (unpaired) electrons. The van der Waals surface area contributed by atoms with Crippen LogP contribution in [0.3, 0.4) is 0 Å². The number of nitrogens with one attached hydrogen (secondary N) is 1. The fraction of sp³-hybridized carbons (Fsp3) is 0.583. The average Bonchev–Trinajstić information content (AvgIpc) is 2.32. The Labute approximate surface area is 106 Å². The van der Waals surface area contributed by atoms with Gasteiger partial charge in [-0.05, 0) is 26.3 Å². The summed E-state index contributed by atoms with van der Waals surface area (Å²) < 4.78 is 0. The molecule has 2 atom stereocenters. The van der Waals surface area contributed by atoms with Crippen molar-refractivity contribution in [2.45, 2.75) is 32.9 Å². The Morgan fingerprint density at radius 3 is 2.89 bits per heavy atom. The molecular formula is C12H18N4O2. The van der Waals surface area contributed by atoms with Crippen LogP contribution in [0, 0.1) is 17.0 Å². The predicted molar refractivity (Wildman–Crippen MR) is 69.9 cm³/mol. The Morgan fingerprint density at radius 2 is 2.28 bits per heavy atom. The zero-order valence-corrected chi connectivity index (χ0v) is 10.9. The molecule has 1 saturated heterocycles. The van der Waals surface area contributed by atoms with Crippen LogP contribution in [0.25, 0.3) is 0 Å². The second-order valence-electron chi connectivity index (χ2n) is 4.90. The fourth-order valence-electron chi connectivity index (χ4n) is 2.27. The van der Waals surface area contributed by atoms with Crippen LogP contribution >= 0.6 is 0 Å². The number of aryl methyl sites for hydroxylation is 1. The van der Waals surface area contributed by atoms with E-state index >= 15 is 0 Å². The molecular weight excluding hydrogens is 232 g/mol. The maximum absolute atomic E-state index is 10.7. The van der Waals surface area contributed by atoms with Gasteiger partial charge >= 0.3 is 0 Å². The first-order valence-electron chi connectivity index (χ1n) is 6.10. The zero-order chi connectivity index (χ0) is 13.3. The van der Waals surface area contributed by atoms with Crippen molar-refractivity contribution in [1.82, 2.24) is 10.3 Å². The molecule has 0 bridgehead atoms. The highest BCUT2D eigenvalue weighted by Crippen LogP contribution is 2.24. The molecule has 0 unspecified atom stereocenters. The van der Waals surface area contributed by atoms with Crippen molar-refractivity contribution in [1.29, 1.82) is 0 Å². The van der Waals surface area contributed by atoms with Crippen molar-refractivity contribution >= 4 is 11.5 Å². The van der Waals surface area contributed by atoms with Crippen molar-refractivity contribution in [3.63, 3.8) is 0 Å². The smallest absolute Gasteiger partial charge is 0.287 e. The van der Waals surface area contributed by atoms with Crippen LogP contribution in [0.1, 0.15) is 19.4 Å². The van der Waals surface area contributed by atoms with E-state index in [9.17, 15) is 10.1 Å². The van der Waals surface area contributed by atoms with E-state index in [0.717, 1.165) is 24.5 Å². The maximum atomic E-state index is 10.7. The molecule has 1 N–H and O–H groups in total. The Bertz CT molecular complexity index is 463. The first-order chi connectivity index (χ1) is 8.49. The van der Waals surface area contributed by atoms with E-state index in [0.29, 0.717) is 12.1 Å². The third-order valence-corrected chi connectivity index (χ3v) is 3.28. The number of hydrogen-bond donors (Lipinski definition) is 1. The molecule has 0 aliphatic carbocycles. The molecule has 1 aliphatic heterocycles. The quantitative estimate of drug-likeness (QED) is 0.636. The zero-order valence-electron chi connectivity index (χ0n) is 10.9. The molecule has 98 valence electrons. The second kappa shape index (κ2) is 4.89. The lowest BCUT2D eigenvalue weighted by Crippen LogP contribution is -2.54. The van der Waals surface area contributed by atoms with Crippen molar-refractivity contribution in [3.8, 4) is 0 Å². The van der Waals surface area contributed by atoms with E-state index in [1.165, 1.54) is 6.20 Å². The van der Waals surface area contributed by atoms with Crippen molar-refractivity contribution in [3.05, 3.63) is 27.9 Å². The van der Waals surface area contributed by atoms with Gasteiger partial charge in [-0.25, -0.2) is 4.98 Å².